The summed E-state index contributed by atoms with van der Waals surface area (Å²) in [6.07, 6.45) is 0. The summed E-state index contributed by atoms with van der Waals surface area (Å²) in [5.74, 6) is -0.0446. The topological polar surface area (TPSA) is 55.6 Å². The van der Waals surface area contributed by atoms with Gasteiger partial charge in [-0.1, -0.05) is 6.07 Å². The summed E-state index contributed by atoms with van der Waals surface area (Å²) in [7, 11) is 3.38. The molecule has 2 N–H and O–H groups in total. The fourth-order valence-corrected chi connectivity index (χ4v) is 1.43. The lowest BCUT2D eigenvalue weighted by Gasteiger charge is -2.24. The zero-order valence-corrected chi connectivity index (χ0v) is 11.2. The van der Waals surface area contributed by atoms with Crippen molar-refractivity contribution in [1.29, 1.82) is 0 Å². The second kappa shape index (κ2) is 7.14. The second-order valence-electron chi connectivity index (χ2n) is 3.85. The first kappa shape index (κ1) is 15.7. The molecule has 1 unspecified atom stereocenters. The van der Waals surface area contributed by atoms with Crippen molar-refractivity contribution in [2.24, 2.45) is 0 Å². The molecule has 0 fully saturated rings. The molecular weight excluding hydrogens is 240 g/mol. The van der Waals surface area contributed by atoms with Crippen molar-refractivity contribution in [3.05, 3.63) is 29.8 Å². The number of likely N-dealkylation sites (N-methyl/N-ethyl adjacent to an activating group) is 1. The van der Waals surface area contributed by atoms with Crippen LogP contribution in [0.25, 0.3) is 0 Å². The van der Waals surface area contributed by atoms with E-state index >= 15 is 0 Å². The lowest BCUT2D eigenvalue weighted by molar-refractivity contribution is 0.0633. The first-order chi connectivity index (χ1) is 7.56. The third kappa shape index (κ3) is 4.24. The molecule has 4 nitrogen and oxygen atoms in total. The van der Waals surface area contributed by atoms with Gasteiger partial charge in [0.1, 0.15) is 0 Å². The Bertz CT molecular complexity index is 371. The van der Waals surface area contributed by atoms with Gasteiger partial charge in [0, 0.05) is 25.4 Å². The van der Waals surface area contributed by atoms with Crippen molar-refractivity contribution in [2.45, 2.75) is 13.0 Å². The van der Waals surface area contributed by atoms with Crippen LogP contribution >= 0.6 is 12.4 Å². The summed E-state index contributed by atoms with van der Waals surface area (Å²) in [6.45, 7) is 2.46. The molecule has 0 saturated heterocycles. The molecule has 0 spiro atoms. The Balaban J connectivity index is 0.00000256. The van der Waals surface area contributed by atoms with E-state index in [1.165, 1.54) is 0 Å². The quantitative estimate of drug-likeness (QED) is 0.838. The monoisotopic (exact) mass is 258 g/mol. The van der Waals surface area contributed by atoms with E-state index in [9.17, 15) is 4.79 Å². The molecule has 1 aromatic rings. The molecular formula is C12H19ClN2O2. The number of carbonyl (C=O) groups is 1. The van der Waals surface area contributed by atoms with Gasteiger partial charge in [0.05, 0.1) is 12.6 Å². The van der Waals surface area contributed by atoms with Crippen LogP contribution in [0.5, 0.6) is 0 Å². The molecule has 0 aromatic heterocycles. The Labute approximate surface area is 108 Å². The standard InChI is InChI=1S/C12H18N2O2.ClH/c1-9(8-16-3)14(2)12(15)10-5-4-6-11(13)7-10;/h4-7,9H,8,13H2,1-3H3;1H. The van der Waals surface area contributed by atoms with Crippen molar-refractivity contribution in [1.82, 2.24) is 4.90 Å². The van der Waals surface area contributed by atoms with E-state index in [2.05, 4.69) is 0 Å². The Kier molecular flexibility index (Phi) is 6.61. The van der Waals surface area contributed by atoms with Gasteiger partial charge in [-0.05, 0) is 25.1 Å². The molecule has 0 aliphatic heterocycles. The maximum absolute atomic E-state index is 12.0. The number of benzene rings is 1. The summed E-state index contributed by atoms with van der Waals surface area (Å²) in [5, 5.41) is 0. The van der Waals surface area contributed by atoms with Gasteiger partial charge in [-0.15, -0.1) is 12.4 Å². The van der Waals surface area contributed by atoms with Crippen molar-refractivity contribution in [3.8, 4) is 0 Å². The van der Waals surface area contributed by atoms with Crippen molar-refractivity contribution in [2.75, 3.05) is 26.5 Å². The van der Waals surface area contributed by atoms with Gasteiger partial charge in [0.15, 0.2) is 0 Å². The highest BCUT2D eigenvalue weighted by atomic mass is 35.5. The third-order valence-electron chi connectivity index (χ3n) is 2.52. The van der Waals surface area contributed by atoms with Gasteiger partial charge < -0.3 is 15.4 Å². The highest BCUT2D eigenvalue weighted by molar-refractivity contribution is 5.95. The van der Waals surface area contributed by atoms with E-state index in [4.69, 9.17) is 10.5 Å². The fraction of sp³-hybridized carbons (Fsp3) is 0.417. The number of ether oxygens (including phenoxy) is 1. The van der Waals surface area contributed by atoms with Crippen LogP contribution in [0.2, 0.25) is 0 Å². The van der Waals surface area contributed by atoms with Gasteiger partial charge in [-0.2, -0.15) is 0 Å². The normalized spacial score (nSPS) is 11.5. The van der Waals surface area contributed by atoms with E-state index in [-0.39, 0.29) is 24.4 Å². The Morgan fingerprint density at radius 3 is 2.71 bits per heavy atom. The van der Waals surface area contributed by atoms with Crippen molar-refractivity contribution in [3.63, 3.8) is 0 Å². The van der Waals surface area contributed by atoms with Crippen LogP contribution in [-0.2, 0) is 4.74 Å². The van der Waals surface area contributed by atoms with Crippen LogP contribution in [-0.4, -0.2) is 37.6 Å². The summed E-state index contributed by atoms with van der Waals surface area (Å²) in [4.78, 5) is 13.7. The van der Waals surface area contributed by atoms with Crippen LogP contribution in [0.15, 0.2) is 24.3 Å². The van der Waals surface area contributed by atoms with Crippen molar-refractivity contribution < 1.29 is 9.53 Å². The number of anilines is 1. The molecule has 1 rings (SSSR count). The van der Waals surface area contributed by atoms with Crippen LogP contribution in [0.4, 0.5) is 5.69 Å². The lowest BCUT2D eigenvalue weighted by Crippen LogP contribution is -2.37. The van der Waals surface area contributed by atoms with E-state index in [1.807, 2.05) is 6.92 Å². The number of halogens is 1. The van der Waals surface area contributed by atoms with Crippen LogP contribution in [0, 0.1) is 0 Å². The predicted octanol–water partition coefficient (Wildman–Crippen LogP) is 1.80. The molecule has 17 heavy (non-hydrogen) atoms. The number of rotatable bonds is 4. The molecule has 0 aliphatic rings. The number of hydrogen-bond donors (Lipinski definition) is 1. The van der Waals surface area contributed by atoms with E-state index in [0.717, 1.165) is 0 Å². The molecule has 0 bridgehead atoms. The minimum absolute atomic E-state index is 0. The number of nitrogens with two attached hydrogens (primary N) is 1. The molecule has 0 radical (unpaired) electrons. The number of nitrogens with zero attached hydrogens (tertiary/aromatic N) is 1. The zero-order valence-electron chi connectivity index (χ0n) is 10.3. The summed E-state index contributed by atoms with van der Waals surface area (Å²) in [5.41, 5.74) is 6.83. The largest absolute Gasteiger partial charge is 0.399 e. The molecule has 0 heterocycles. The van der Waals surface area contributed by atoms with Crippen LogP contribution in [0.3, 0.4) is 0 Å². The zero-order chi connectivity index (χ0) is 12.1. The van der Waals surface area contributed by atoms with Gasteiger partial charge in [0.2, 0.25) is 0 Å². The second-order valence-corrected chi connectivity index (χ2v) is 3.85. The third-order valence-corrected chi connectivity index (χ3v) is 2.52. The summed E-state index contributed by atoms with van der Waals surface area (Å²) in [6, 6.07) is 7.01. The Morgan fingerprint density at radius 2 is 2.18 bits per heavy atom. The average Bonchev–Trinajstić information content (AvgIpc) is 2.27. The average molecular weight is 259 g/mol. The number of hydrogen-bond acceptors (Lipinski definition) is 3. The van der Waals surface area contributed by atoms with Crippen LogP contribution in [0.1, 0.15) is 17.3 Å². The fourth-order valence-electron chi connectivity index (χ4n) is 1.43. The number of carbonyl (C=O) groups excluding carboxylic acids is 1. The van der Waals surface area contributed by atoms with E-state index in [0.29, 0.717) is 17.9 Å². The summed E-state index contributed by atoms with van der Waals surface area (Å²) >= 11 is 0. The molecule has 96 valence electrons. The SMILES string of the molecule is COCC(C)N(C)C(=O)c1cccc(N)c1.Cl. The Hall–Kier alpha value is -1.26. The smallest absolute Gasteiger partial charge is 0.253 e. The molecule has 0 aliphatic carbocycles. The maximum atomic E-state index is 12.0. The highest BCUT2D eigenvalue weighted by Gasteiger charge is 2.17. The van der Waals surface area contributed by atoms with Crippen molar-refractivity contribution >= 4 is 24.0 Å². The van der Waals surface area contributed by atoms with E-state index < -0.39 is 0 Å². The first-order valence-corrected chi connectivity index (χ1v) is 5.18. The van der Waals surface area contributed by atoms with Crippen LogP contribution < -0.4 is 5.73 Å². The van der Waals surface area contributed by atoms with Gasteiger partial charge in [-0.25, -0.2) is 0 Å². The maximum Gasteiger partial charge on any atom is 0.253 e. The first-order valence-electron chi connectivity index (χ1n) is 5.18. The minimum Gasteiger partial charge on any atom is -0.399 e. The lowest BCUT2D eigenvalue weighted by atomic mass is 10.1. The van der Waals surface area contributed by atoms with Gasteiger partial charge >= 0.3 is 0 Å². The predicted molar refractivity (Wildman–Crippen MR) is 71.5 cm³/mol. The van der Waals surface area contributed by atoms with E-state index in [1.54, 1.807) is 43.3 Å². The molecule has 5 heteroatoms. The molecule has 0 saturated carbocycles. The summed E-state index contributed by atoms with van der Waals surface area (Å²) < 4.78 is 5.02. The number of methoxy groups -OCH3 is 1. The number of nitrogen functional groups attached to an aromatic ring is 1. The molecule has 1 amide bonds. The molecule has 1 atom stereocenters. The van der Waals surface area contributed by atoms with Gasteiger partial charge in [-0.3, -0.25) is 4.79 Å². The molecule has 1 aromatic carbocycles. The van der Waals surface area contributed by atoms with Gasteiger partial charge in [0.25, 0.3) is 5.91 Å². The number of amides is 1. The Morgan fingerprint density at radius 1 is 1.53 bits per heavy atom. The highest BCUT2D eigenvalue weighted by Crippen LogP contribution is 2.10. The minimum atomic E-state index is -0.0446.